The lowest BCUT2D eigenvalue weighted by molar-refractivity contribution is -0.143. The lowest BCUT2D eigenvalue weighted by Gasteiger charge is -2.22. The van der Waals surface area contributed by atoms with E-state index >= 15 is 0 Å². The van der Waals surface area contributed by atoms with E-state index in [4.69, 9.17) is 16.3 Å². The molecule has 0 spiro atoms. The van der Waals surface area contributed by atoms with Crippen LogP contribution >= 0.6 is 11.6 Å². The van der Waals surface area contributed by atoms with Gasteiger partial charge in [0.15, 0.2) is 0 Å². The number of carbonyl (C=O) groups excluding carboxylic acids is 1. The van der Waals surface area contributed by atoms with E-state index in [-0.39, 0.29) is 36.0 Å². The van der Waals surface area contributed by atoms with Crippen molar-refractivity contribution in [2.75, 3.05) is 13.2 Å². The Labute approximate surface area is 153 Å². The number of carbonyl (C=O) groups is 1. The third-order valence-electron chi connectivity index (χ3n) is 3.53. The summed E-state index contributed by atoms with van der Waals surface area (Å²) in [7, 11) is -3.85. The number of ether oxygens (including phenoxy) is 1. The smallest absolute Gasteiger partial charge is 0.307 e. The van der Waals surface area contributed by atoms with Gasteiger partial charge in [-0.1, -0.05) is 54.1 Å². The van der Waals surface area contributed by atoms with Crippen molar-refractivity contribution in [3.05, 3.63) is 65.2 Å². The maximum atomic E-state index is 13.0. The van der Waals surface area contributed by atoms with Gasteiger partial charge in [-0.15, -0.1) is 0 Å². The van der Waals surface area contributed by atoms with Crippen LogP contribution in [0.2, 0.25) is 5.02 Å². The molecule has 0 fully saturated rings. The van der Waals surface area contributed by atoms with Gasteiger partial charge in [0, 0.05) is 13.1 Å². The summed E-state index contributed by atoms with van der Waals surface area (Å²) in [5.74, 6) is -0.435. The number of halogens is 1. The minimum atomic E-state index is -3.85. The zero-order chi connectivity index (χ0) is 18.3. The van der Waals surface area contributed by atoms with Crippen molar-refractivity contribution in [3.63, 3.8) is 0 Å². The van der Waals surface area contributed by atoms with Crippen molar-refractivity contribution >= 4 is 27.6 Å². The summed E-state index contributed by atoms with van der Waals surface area (Å²) in [5, 5.41) is 0.150. The van der Waals surface area contributed by atoms with Gasteiger partial charge in [-0.2, -0.15) is 4.31 Å². The average molecular weight is 382 g/mol. The second kappa shape index (κ2) is 8.99. The van der Waals surface area contributed by atoms with Crippen LogP contribution in [0.25, 0.3) is 0 Å². The van der Waals surface area contributed by atoms with E-state index in [1.807, 2.05) is 30.3 Å². The molecule has 2 rings (SSSR count). The largest absolute Gasteiger partial charge is 0.466 e. The second-order valence-electron chi connectivity index (χ2n) is 5.31. The van der Waals surface area contributed by atoms with E-state index in [0.717, 1.165) is 5.56 Å². The van der Waals surface area contributed by atoms with E-state index < -0.39 is 16.0 Å². The molecule has 0 unspecified atom stereocenters. The fourth-order valence-corrected chi connectivity index (χ4v) is 4.24. The zero-order valence-corrected chi connectivity index (χ0v) is 15.5. The molecular formula is C18H20ClNO4S. The quantitative estimate of drug-likeness (QED) is 0.656. The summed E-state index contributed by atoms with van der Waals surface area (Å²) >= 11 is 6.07. The molecule has 2 aromatic rings. The first kappa shape index (κ1) is 19.4. The summed E-state index contributed by atoms with van der Waals surface area (Å²) in [5.41, 5.74) is 0.821. The Morgan fingerprint density at radius 1 is 1.08 bits per heavy atom. The van der Waals surface area contributed by atoms with Crippen molar-refractivity contribution in [2.24, 2.45) is 0 Å². The monoisotopic (exact) mass is 381 g/mol. The number of esters is 1. The first-order chi connectivity index (χ1) is 11.9. The SMILES string of the molecule is CCOC(=O)CCN(Cc1ccccc1)S(=O)(=O)c1ccccc1Cl. The molecule has 134 valence electrons. The number of hydrogen-bond acceptors (Lipinski definition) is 4. The molecule has 0 atom stereocenters. The molecule has 0 radical (unpaired) electrons. The highest BCUT2D eigenvalue weighted by atomic mass is 35.5. The summed E-state index contributed by atoms with van der Waals surface area (Å²) in [6.45, 7) is 2.13. The van der Waals surface area contributed by atoms with Gasteiger partial charge in [0.25, 0.3) is 0 Å². The molecule has 25 heavy (non-hydrogen) atoms. The van der Waals surface area contributed by atoms with Crippen LogP contribution in [0.3, 0.4) is 0 Å². The van der Waals surface area contributed by atoms with E-state index in [1.165, 1.54) is 16.4 Å². The molecule has 0 amide bonds. The van der Waals surface area contributed by atoms with Crippen molar-refractivity contribution in [3.8, 4) is 0 Å². The minimum absolute atomic E-state index is 0.0152. The Morgan fingerprint density at radius 2 is 1.72 bits per heavy atom. The molecular weight excluding hydrogens is 362 g/mol. The summed E-state index contributed by atoms with van der Waals surface area (Å²) < 4.78 is 32.2. The van der Waals surface area contributed by atoms with E-state index in [9.17, 15) is 13.2 Å². The van der Waals surface area contributed by atoms with E-state index in [1.54, 1.807) is 19.1 Å². The second-order valence-corrected chi connectivity index (χ2v) is 7.62. The van der Waals surface area contributed by atoms with Gasteiger partial charge in [-0.25, -0.2) is 8.42 Å². The molecule has 0 heterocycles. The molecule has 0 aliphatic heterocycles. The third kappa shape index (κ3) is 5.29. The van der Waals surface area contributed by atoms with Crippen LogP contribution in [0.5, 0.6) is 0 Å². The van der Waals surface area contributed by atoms with Crippen LogP contribution in [0.15, 0.2) is 59.5 Å². The van der Waals surface area contributed by atoms with Gasteiger partial charge < -0.3 is 4.74 Å². The summed E-state index contributed by atoms with van der Waals surface area (Å²) in [6.07, 6.45) is -0.0235. The van der Waals surface area contributed by atoms with Crippen LogP contribution in [0.4, 0.5) is 0 Å². The van der Waals surface area contributed by atoms with E-state index in [2.05, 4.69) is 0 Å². The average Bonchev–Trinajstić information content (AvgIpc) is 2.60. The Hall–Kier alpha value is -1.89. The van der Waals surface area contributed by atoms with Crippen LogP contribution in [-0.4, -0.2) is 31.8 Å². The van der Waals surface area contributed by atoms with Crippen molar-refractivity contribution in [1.82, 2.24) is 4.31 Å². The Balaban J connectivity index is 2.29. The third-order valence-corrected chi connectivity index (χ3v) is 5.87. The van der Waals surface area contributed by atoms with Crippen molar-refractivity contribution in [2.45, 2.75) is 24.8 Å². The predicted molar refractivity (Wildman–Crippen MR) is 96.7 cm³/mol. The van der Waals surface area contributed by atoms with Gasteiger partial charge >= 0.3 is 5.97 Å². The van der Waals surface area contributed by atoms with Crippen molar-refractivity contribution in [1.29, 1.82) is 0 Å². The number of nitrogens with zero attached hydrogens (tertiary/aromatic N) is 1. The number of hydrogen-bond donors (Lipinski definition) is 0. The topological polar surface area (TPSA) is 63.7 Å². The summed E-state index contributed by atoms with van der Waals surface area (Å²) in [4.78, 5) is 11.7. The number of rotatable bonds is 8. The first-order valence-corrected chi connectivity index (χ1v) is 9.71. The van der Waals surface area contributed by atoms with Gasteiger partial charge in [0.2, 0.25) is 10.0 Å². The maximum absolute atomic E-state index is 13.0. The van der Waals surface area contributed by atoms with Crippen molar-refractivity contribution < 1.29 is 17.9 Å². The molecule has 2 aromatic carbocycles. The number of benzene rings is 2. The van der Waals surface area contributed by atoms with Gasteiger partial charge in [0.05, 0.1) is 18.1 Å². The van der Waals surface area contributed by atoms with Gasteiger partial charge in [0.1, 0.15) is 4.90 Å². The highest BCUT2D eigenvalue weighted by Gasteiger charge is 2.27. The fraction of sp³-hybridized carbons (Fsp3) is 0.278. The number of sulfonamides is 1. The summed E-state index contributed by atoms with van der Waals surface area (Å²) in [6, 6.07) is 15.5. The van der Waals surface area contributed by atoms with Crippen LogP contribution in [0.1, 0.15) is 18.9 Å². The fourth-order valence-electron chi connectivity index (χ4n) is 2.31. The zero-order valence-electron chi connectivity index (χ0n) is 13.9. The highest BCUT2D eigenvalue weighted by molar-refractivity contribution is 7.89. The minimum Gasteiger partial charge on any atom is -0.466 e. The molecule has 7 heteroatoms. The Kier molecular flexibility index (Phi) is 6.99. The van der Waals surface area contributed by atoms with Crippen LogP contribution < -0.4 is 0 Å². The van der Waals surface area contributed by atoms with Gasteiger partial charge in [-0.05, 0) is 24.6 Å². The lowest BCUT2D eigenvalue weighted by atomic mass is 10.2. The molecule has 0 saturated carbocycles. The molecule has 0 aliphatic carbocycles. The molecule has 0 aromatic heterocycles. The Morgan fingerprint density at radius 3 is 2.36 bits per heavy atom. The standard InChI is InChI=1S/C18H20ClNO4S/c1-2-24-18(21)12-13-20(14-15-8-4-3-5-9-15)25(22,23)17-11-7-6-10-16(17)19/h3-11H,2,12-14H2,1H3. The molecule has 0 saturated heterocycles. The highest BCUT2D eigenvalue weighted by Crippen LogP contribution is 2.25. The predicted octanol–water partition coefficient (Wildman–Crippen LogP) is 3.48. The molecule has 0 N–H and O–H groups in total. The first-order valence-electron chi connectivity index (χ1n) is 7.89. The lowest BCUT2D eigenvalue weighted by Crippen LogP contribution is -2.33. The normalized spacial score (nSPS) is 11.5. The molecule has 0 aliphatic rings. The molecule has 5 nitrogen and oxygen atoms in total. The van der Waals surface area contributed by atoms with Gasteiger partial charge in [-0.3, -0.25) is 4.79 Å². The Bertz CT molecular complexity index is 809. The van der Waals surface area contributed by atoms with E-state index in [0.29, 0.717) is 0 Å². The van der Waals surface area contributed by atoms with Crippen LogP contribution in [-0.2, 0) is 26.1 Å². The molecule has 0 bridgehead atoms. The van der Waals surface area contributed by atoms with Crippen LogP contribution in [0, 0.1) is 0 Å². The maximum Gasteiger partial charge on any atom is 0.307 e.